The summed E-state index contributed by atoms with van der Waals surface area (Å²) in [6.07, 6.45) is 1.84. The van der Waals surface area contributed by atoms with Crippen molar-refractivity contribution in [2.75, 3.05) is 0 Å². The number of hydrogen-bond donors (Lipinski definition) is 1. The Morgan fingerprint density at radius 3 is 3.05 bits per heavy atom. The predicted molar refractivity (Wildman–Crippen MR) is 78.2 cm³/mol. The molecule has 2 heterocycles. The number of fused-ring (bicyclic) bond motifs is 1. The lowest BCUT2D eigenvalue weighted by atomic mass is 10.3. The highest BCUT2D eigenvalue weighted by Gasteiger charge is 2.15. The molecule has 0 fully saturated rings. The summed E-state index contributed by atoms with van der Waals surface area (Å²) in [5.74, 6) is 0.879. The first-order valence-corrected chi connectivity index (χ1v) is 7.42. The first kappa shape index (κ1) is 12.9. The molecule has 2 aromatic heterocycles. The SMILES string of the molecule is OCc1c(Oc2ccc(Br)cc2Cl)nc2sccn12. The molecule has 0 amide bonds. The largest absolute Gasteiger partial charge is 0.436 e. The Hall–Kier alpha value is -1.08. The van der Waals surface area contributed by atoms with Crippen LogP contribution < -0.4 is 4.74 Å². The third kappa shape index (κ3) is 2.36. The van der Waals surface area contributed by atoms with Crippen molar-refractivity contribution in [1.29, 1.82) is 0 Å². The van der Waals surface area contributed by atoms with Gasteiger partial charge in [0.1, 0.15) is 11.4 Å². The molecule has 1 N–H and O–H groups in total. The minimum absolute atomic E-state index is 0.151. The molecule has 0 atom stereocenters. The van der Waals surface area contributed by atoms with Crippen LogP contribution in [-0.2, 0) is 6.61 Å². The van der Waals surface area contributed by atoms with Crippen LogP contribution in [0.15, 0.2) is 34.2 Å². The van der Waals surface area contributed by atoms with Crippen LogP contribution in [0, 0.1) is 0 Å². The minimum Gasteiger partial charge on any atom is -0.436 e. The van der Waals surface area contributed by atoms with Crippen molar-refractivity contribution in [3.8, 4) is 11.6 Å². The van der Waals surface area contributed by atoms with Crippen molar-refractivity contribution in [1.82, 2.24) is 9.38 Å². The van der Waals surface area contributed by atoms with Crippen molar-refractivity contribution in [2.45, 2.75) is 6.61 Å². The highest BCUT2D eigenvalue weighted by atomic mass is 79.9. The van der Waals surface area contributed by atoms with Gasteiger partial charge in [0, 0.05) is 16.0 Å². The van der Waals surface area contributed by atoms with Crippen LogP contribution in [0.25, 0.3) is 4.96 Å². The molecule has 0 aliphatic carbocycles. The second-order valence-corrected chi connectivity index (χ2v) is 5.95. The van der Waals surface area contributed by atoms with E-state index in [-0.39, 0.29) is 6.61 Å². The van der Waals surface area contributed by atoms with Gasteiger partial charge in [-0.1, -0.05) is 27.5 Å². The topological polar surface area (TPSA) is 46.8 Å². The zero-order chi connectivity index (χ0) is 13.4. The molecule has 0 aliphatic rings. The molecule has 98 valence electrons. The Morgan fingerprint density at radius 2 is 2.32 bits per heavy atom. The van der Waals surface area contributed by atoms with E-state index in [1.807, 2.05) is 17.6 Å². The number of ether oxygens (including phenoxy) is 1. The number of imidazole rings is 1. The Labute approximate surface area is 126 Å². The molecule has 3 rings (SSSR count). The molecule has 0 spiro atoms. The molecule has 19 heavy (non-hydrogen) atoms. The van der Waals surface area contributed by atoms with Gasteiger partial charge < -0.3 is 9.84 Å². The van der Waals surface area contributed by atoms with E-state index >= 15 is 0 Å². The summed E-state index contributed by atoms with van der Waals surface area (Å²) in [6.45, 7) is -0.151. The average Bonchev–Trinajstić information content (AvgIpc) is 2.92. The van der Waals surface area contributed by atoms with Crippen molar-refractivity contribution < 1.29 is 9.84 Å². The maximum absolute atomic E-state index is 9.44. The zero-order valence-corrected chi connectivity index (χ0v) is 12.7. The van der Waals surface area contributed by atoms with Crippen molar-refractivity contribution in [3.63, 3.8) is 0 Å². The first-order valence-electron chi connectivity index (χ1n) is 5.37. The van der Waals surface area contributed by atoms with Gasteiger partial charge >= 0.3 is 0 Å². The van der Waals surface area contributed by atoms with Crippen LogP contribution in [0.2, 0.25) is 5.02 Å². The monoisotopic (exact) mass is 358 g/mol. The number of benzene rings is 1. The molecule has 0 radical (unpaired) electrons. The quantitative estimate of drug-likeness (QED) is 0.766. The van der Waals surface area contributed by atoms with Crippen LogP contribution in [0.3, 0.4) is 0 Å². The summed E-state index contributed by atoms with van der Waals surface area (Å²) in [7, 11) is 0. The minimum atomic E-state index is -0.151. The van der Waals surface area contributed by atoms with Crippen LogP contribution in [0.4, 0.5) is 0 Å². The van der Waals surface area contributed by atoms with Crippen LogP contribution in [0.5, 0.6) is 11.6 Å². The fraction of sp³-hybridized carbons (Fsp3) is 0.0833. The average molecular weight is 360 g/mol. The normalized spacial score (nSPS) is 11.1. The van der Waals surface area contributed by atoms with Gasteiger partial charge in [0.15, 0.2) is 4.96 Å². The molecule has 3 aromatic rings. The molecule has 0 aliphatic heterocycles. The number of aliphatic hydroxyl groups is 1. The van der Waals surface area contributed by atoms with E-state index in [1.165, 1.54) is 11.3 Å². The van der Waals surface area contributed by atoms with Gasteiger partial charge in [-0.05, 0) is 18.2 Å². The summed E-state index contributed by atoms with van der Waals surface area (Å²) in [5, 5.41) is 11.8. The lowest BCUT2D eigenvalue weighted by Crippen LogP contribution is -1.94. The molecule has 7 heteroatoms. The van der Waals surface area contributed by atoms with E-state index in [4.69, 9.17) is 16.3 Å². The van der Waals surface area contributed by atoms with E-state index < -0.39 is 0 Å². The molecular formula is C12H8BrClN2O2S. The van der Waals surface area contributed by atoms with E-state index in [0.717, 1.165) is 9.43 Å². The summed E-state index contributed by atoms with van der Waals surface area (Å²) in [4.78, 5) is 5.10. The van der Waals surface area contributed by atoms with Gasteiger partial charge in [-0.15, -0.1) is 11.3 Å². The van der Waals surface area contributed by atoms with Gasteiger partial charge in [-0.25, -0.2) is 0 Å². The fourth-order valence-corrected chi connectivity index (χ4v) is 3.14. The molecule has 1 aromatic carbocycles. The maximum atomic E-state index is 9.44. The van der Waals surface area contributed by atoms with Crippen LogP contribution >= 0.6 is 38.9 Å². The predicted octanol–water partition coefficient (Wildman–Crippen LogP) is 4.10. The second kappa shape index (κ2) is 5.13. The van der Waals surface area contributed by atoms with Gasteiger partial charge in [-0.3, -0.25) is 4.40 Å². The Bertz CT molecular complexity index is 740. The van der Waals surface area contributed by atoms with E-state index in [9.17, 15) is 5.11 Å². The third-order valence-corrected chi connectivity index (χ3v) is 4.12. The highest BCUT2D eigenvalue weighted by Crippen LogP contribution is 2.33. The first-order chi connectivity index (χ1) is 9.19. The Morgan fingerprint density at radius 1 is 1.47 bits per heavy atom. The lowest BCUT2D eigenvalue weighted by molar-refractivity contribution is 0.270. The van der Waals surface area contributed by atoms with Gasteiger partial charge in [-0.2, -0.15) is 4.98 Å². The van der Waals surface area contributed by atoms with Crippen molar-refractivity contribution in [2.24, 2.45) is 0 Å². The highest BCUT2D eigenvalue weighted by molar-refractivity contribution is 9.10. The number of halogens is 2. The molecule has 0 unspecified atom stereocenters. The summed E-state index contributed by atoms with van der Waals surface area (Å²) in [6, 6.07) is 5.33. The number of nitrogens with zero attached hydrogens (tertiary/aromatic N) is 2. The molecule has 0 bridgehead atoms. The second-order valence-electron chi connectivity index (χ2n) is 3.75. The number of thiazole rings is 1. The van der Waals surface area contributed by atoms with E-state index in [2.05, 4.69) is 20.9 Å². The number of rotatable bonds is 3. The van der Waals surface area contributed by atoms with Crippen molar-refractivity contribution in [3.05, 3.63) is 45.0 Å². The van der Waals surface area contributed by atoms with Gasteiger partial charge in [0.2, 0.25) is 5.88 Å². The Balaban J connectivity index is 2.02. The molecule has 0 saturated heterocycles. The summed E-state index contributed by atoms with van der Waals surface area (Å²) >= 11 is 10.9. The van der Waals surface area contributed by atoms with Gasteiger partial charge in [0.25, 0.3) is 0 Å². The van der Waals surface area contributed by atoms with Crippen LogP contribution in [-0.4, -0.2) is 14.5 Å². The van der Waals surface area contributed by atoms with Crippen LogP contribution in [0.1, 0.15) is 5.69 Å². The lowest BCUT2D eigenvalue weighted by Gasteiger charge is -2.06. The zero-order valence-electron chi connectivity index (χ0n) is 9.51. The number of aromatic nitrogens is 2. The van der Waals surface area contributed by atoms with Crippen molar-refractivity contribution >= 4 is 43.8 Å². The summed E-state index contributed by atoms with van der Waals surface area (Å²) in [5.41, 5.74) is 0.607. The third-order valence-electron chi connectivity index (χ3n) is 2.57. The number of aliphatic hydroxyl groups excluding tert-OH is 1. The van der Waals surface area contributed by atoms with Gasteiger partial charge in [0.05, 0.1) is 11.6 Å². The number of hydrogen-bond acceptors (Lipinski definition) is 4. The Kier molecular flexibility index (Phi) is 3.49. The van der Waals surface area contributed by atoms with E-state index in [0.29, 0.717) is 22.3 Å². The standard InChI is InChI=1S/C12H8BrClN2O2S/c13-7-1-2-10(8(14)5-7)18-11-9(6-17)16-3-4-19-12(16)15-11/h1-5,17H,6H2. The maximum Gasteiger partial charge on any atom is 0.244 e. The molecule has 0 saturated carbocycles. The molecule has 4 nitrogen and oxygen atoms in total. The molecular weight excluding hydrogens is 352 g/mol. The smallest absolute Gasteiger partial charge is 0.244 e. The van der Waals surface area contributed by atoms with E-state index in [1.54, 1.807) is 16.5 Å². The fourth-order valence-electron chi connectivity index (χ4n) is 1.70. The summed E-state index contributed by atoms with van der Waals surface area (Å²) < 4.78 is 8.36.